The van der Waals surface area contributed by atoms with Crippen molar-refractivity contribution in [1.82, 2.24) is 4.98 Å². The predicted octanol–water partition coefficient (Wildman–Crippen LogP) is 2.38. The molecule has 1 aliphatic heterocycles. The van der Waals surface area contributed by atoms with Crippen LogP contribution in [-0.2, 0) is 11.2 Å². The first-order chi connectivity index (χ1) is 11.3. The molecule has 5 nitrogen and oxygen atoms in total. The molecule has 0 saturated carbocycles. The molecule has 0 aliphatic carbocycles. The molecule has 23 heavy (non-hydrogen) atoms. The zero-order chi connectivity index (χ0) is 16.1. The van der Waals surface area contributed by atoms with Gasteiger partial charge in [0, 0.05) is 23.9 Å². The molecule has 0 bridgehead atoms. The fraction of sp³-hybridized carbons (Fsp3) is 0.333. The Morgan fingerprint density at radius 2 is 2.17 bits per heavy atom. The number of anilines is 2. The summed E-state index contributed by atoms with van der Waals surface area (Å²) in [4.78, 5) is 15.8. The van der Waals surface area contributed by atoms with Crippen molar-refractivity contribution in [3.8, 4) is 11.1 Å². The number of nitrogens with zero attached hydrogens (tertiary/aromatic N) is 1. The van der Waals surface area contributed by atoms with Gasteiger partial charge in [0.1, 0.15) is 5.82 Å². The molecule has 0 fully saturated rings. The first-order valence-corrected chi connectivity index (χ1v) is 7.93. The number of pyridine rings is 1. The first kappa shape index (κ1) is 15.3. The van der Waals surface area contributed by atoms with Gasteiger partial charge in [-0.1, -0.05) is 18.6 Å². The molecule has 0 unspecified atom stereocenters. The van der Waals surface area contributed by atoms with E-state index in [1.807, 2.05) is 18.2 Å². The highest BCUT2D eigenvalue weighted by atomic mass is 16.1. The van der Waals surface area contributed by atoms with Crippen molar-refractivity contribution in [3.05, 3.63) is 42.1 Å². The lowest BCUT2D eigenvalue weighted by Crippen LogP contribution is -2.05. The summed E-state index contributed by atoms with van der Waals surface area (Å²) in [5.41, 5.74) is 9.11. The molecule has 1 aromatic heterocycles. The summed E-state index contributed by atoms with van der Waals surface area (Å²) >= 11 is 0. The molecule has 1 aromatic carbocycles. The fourth-order valence-corrected chi connectivity index (χ4v) is 2.60. The number of rotatable bonds is 7. The first-order valence-electron chi connectivity index (χ1n) is 7.93. The smallest absolute Gasteiger partial charge is 0.229 e. The number of fused-ring (bicyclic) bond motifs is 1. The maximum atomic E-state index is 11.4. The van der Waals surface area contributed by atoms with Crippen LogP contribution in [0.1, 0.15) is 24.8 Å². The molecule has 4 N–H and O–H groups in total. The van der Waals surface area contributed by atoms with Gasteiger partial charge in [-0.05, 0) is 43.1 Å². The molecule has 0 radical (unpaired) electrons. The molecule has 118 valence electrons. The van der Waals surface area contributed by atoms with Crippen LogP contribution in [0.4, 0.5) is 11.5 Å². The van der Waals surface area contributed by atoms with Crippen LogP contribution in [0.5, 0.6) is 0 Å². The van der Waals surface area contributed by atoms with Crippen molar-refractivity contribution in [2.24, 2.45) is 5.73 Å². The summed E-state index contributed by atoms with van der Waals surface area (Å²) in [5.74, 6) is 0.851. The number of nitrogens with one attached hydrogen (secondary N) is 2. The van der Waals surface area contributed by atoms with Gasteiger partial charge in [-0.15, -0.1) is 0 Å². The van der Waals surface area contributed by atoms with Crippen LogP contribution in [0, 0.1) is 12.1 Å². The van der Waals surface area contributed by atoms with Crippen molar-refractivity contribution in [1.29, 1.82) is 0 Å². The van der Waals surface area contributed by atoms with E-state index in [9.17, 15) is 4.79 Å². The van der Waals surface area contributed by atoms with E-state index in [1.165, 1.54) is 0 Å². The summed E-state index contributed by atoms with van der Waals surface area (Å²) in [6.45, 7) is 1.63. The van der Waals surface area contributed by atoms with E-state index in [0.29, 0.717) is 6.42 Å². The normalized spacial score (nSPS) is 12.5. The highest BCUT2D eigenvalue weighted by Crippen LogP contribution is 2.27. The quantitative estimate of drug-likeness (QED) is 0.686. The van der Waals surface area contributed by atoms with E-state index in [0.717, 1.165) is 60.5 Å². The van der Waals surface area contributed by atoms with Gasteiger partial charge >= 0.3 is 0 Å². The molecule has 3 rings (SSSR count). The minimum atomic E-state index is 0.0105. The Bertz CT molecular complexity index is 699. The van der Waals surface area contributed by atoms with E-state index in [1.54, 1.807) is 6.20 Å². The van der Waals surface area contributed by atoms with Crippen LogP contribution >= 0.6 is 0 Å². The molecule has 5 heteroatoms. The Morgan fingerprint density at radius 3 is 3.04 bits per heavy atom. The monoisotopic (exact) mass is 308 g/mol. The summed E-state index contributed by atoms with van der Waals surface area (Å²) in [6, 6.07) is 12.1. The molecule has 2 heterocycles. The van der Waals surface area contributed by atoms with Crippen LogP contribution in [0.25, 0.3) is 11.1 Å². The predicted molar refractivity (Wildman–Crippen MR) is 91.1 cm³/mol. The summed E-state index contributed by atoms with van der Waals surface area (Å²) in [6.07, 6.45) is 5.42. The second kappa shape index (κ2) is 7.12. The highest BCUT2D eigenvalue weighted by Gasteiger charge is 2.17. The lowest BCUT2D eigenvalue weighted by Gasteiger charge is -2.07. The molecular formula is C18H20N4O. The standard InChI is InChI=1S/C18H20N4O/c19-7-2-1-3-8-20-17-11-14(6-9-21-17)13-4-5-15-12-18(23)22-16(15)10-13/h6,9-11H,1-3,7-8,12,19H2,(H,20,21)(H,22,23). The number of carbonyl (C=O) groups is 1. The molecule has 1 amide bonds. The third-order valence-electron chi connectivity index (χ3n) is 3.83. The Morgan fingerprint density at radius 1 is 1.26 bits per heavy atom. The minimum absolute atomic E-state index is 0.0105. The second-order valence-corrected chi connectivity index (χ2v) is 5.63. The summed E-state index contributed by atoms with van der Waals surface area (Å²) < 4.78 is 0. The van der Waals surface area contributed by atoms with Gasteiger partial charge in [0.15, 0.2) is 0 Å². The van der Waals surface area contributed by atoms with Crippen LogP contribution < -0.4 is 16.4 Å². The lowest BCUT2D eigenvalue weighted by molar-refractivity contribution is -0.115. The number of aromatic nitrogens is 1. The van der Waals surface area contributed by atoms with E-state index in [4.69, 9.17) is 5.73 Å². The largest absolute Gasteiger partial charge is 0.370 e. The van der Waals surface area contributed by atoms with Crippen LogP contribution in [0.3, 0.4) is 0 Å². The van der Waals surface area contributed by atoms with Crippen molar-refractivity contribution in [2.75, 3.05) is 23.7 Å². The zero-order valence-electron chi connectivity index (χ0n) is 13.0. The number of carbonyl (C=O) groups excluding carboxylic acids is 1. The van der Waals surface area contributed by atoms with Gasteiger partial charge in [0.25, 0.3) is 0 Å². The molecule has 0 atom stereocenters. The number of amides is 1. The fourth-order valence-electron chi connectivity index (χ4n) is 2.60. The maximum absolute atomic E-state index is 11.4. The van der Waals surface area contributed by atoms with Gasteiger partial charge in [-0.2, -0.15) is 0 Å². The van der Waals surface area contributed by atoms with E-state index in [2.05, 4.69) is 27.8 Å². The number of hydrogen-bond acceptors (Lipinski definition) is 4. The highest BCUT2D eigenvalue weighted by molar-refractivity contribution is 5.99. The van der Waals surface area contributed by atoms with Gasteiger partial charge in [-0.3, -0.25) is 4.79 Å². The molecular weight excluding hydrogens is 288 g/mol. The Kier molecular flexibility index (Phi) is 4.74. The Labute approximate surface area is 136 Å². The number of unbranched alkanes of at least 4 members (excludes halogenated alkanes) is 2. The summed E-state index contributed by atoms with van der Waals surface area (Å²) in [7, 11) is 0. The lowest BCUT2D eigenvalue weighted by atomic mass is 10.1. The van der Waals surface area contributed by atoms with Crippen LogP contribution in [0.15, 0.2) is 24.4 Å². The molecule has 0 saturated heterocycles. The van der Waals surface area contributed by atoms with Gasteiger partial charge in [-0.25, -0.2) is 4.98 Å². The minimum Gasteiger partial charge on any atom is -0.370 e. The van der Waals surface area contributed by atoms with Gasteiger partial charge in [0.05, 0.1) is 12.1 Å². The van der Waals surface area contributed by atoms with Gasteiger partial charge < -0.3 is 16.4 Å². The van der Waals surface area contributed by atoms with E-state index < -0.39 is 0 Å². The average molecular weight is 308 g/mol. The molecule has 0 spiro atoms. The zero-order valence-corrected chi connectivity index (χ0v) is 13.0. The summed E-state index contributed by atoms with van der Waals surface area (Å²) in [5, 5.41) is 6.17. The van der Waals surface area contributed by atoms with Crippen molar-refractivity contribution >= 4 is 17.4 Å². The average Bonchev–Trinajstić information content (AvgIpc) is 2.94. The van der Waals surface area contributed by atoms with E-state index >= 15 is 0 Å². The third-order valence-corrected chi connectivity index (χ3v) is 3.83. The van der Waals surface area contributed by atoms with E-state index in [-0.39, 0.29) is 5.91 Å². The maximum Gasteiger partial charge on any atom is 0.229 e. The second-order valence-electron chi connectivity index (χ2n) is 5.63. The number of nitrogens with two attached hydrogens (primary N) is 1. The SMILES string of the molecule is NCCCCCNc1cc(-c2c#cc3c(c2)NC(=O)C3)ccn1. The van der Waals surface area contributed by atoms with Crippen molar-refractivity contribution in [3.63, 3.8) is 0 Å². The Hall–Kier alpha value is -2.58. The third kappa shape index (κ3) is 3.79. The number of hydrogen-bond donors (Lipinski definition) is 3. The molecule has 1 aliphatic rings. The van der Waals surface area contributed by atoms with Crippen LogP contribution in [-0.4, -0.2) is 24.0 Å². The Balaban J connectivity index is 1.68. The molecule has 2 aromatic rings. The van der Waals surface area contributed by atoms with Gasteiger partial charge in [0.2, 0.25) is 5.91 Å². The van der Waals surface area contributed by atoms with Crippen LogP contribution in [0.2, 0.25) is 0 Å². The van der Waals surface area contributed by atoms with Crippen molar-refractivity contribution in [2.45, 2.75) is 25.7 Å². The van der Waals surface area contributed by atoms with Crippen molar-refractivity contribution < 1.29 is 4.79 Å². The topological polar surface area (TPSA) is 80.0 Å².